The summed E-state index contributed by atoms with van der Waals surface area (Å²) >= 11 is 0. The van der Waals surface area contributed by atoms with Crippen molar-refractivity contribution in [2.45, 2.75) is 13.1 Å². The first-order valence-corrected chi connectivity index (χ1v) is 8.41. The van der Waals surface area contributed by atoms with E-state index in [1.807, 2.05) is 0 Å². The SMILES string of the molecule is CCN(CC(=O)Nc1ccccc1C(F)(F)F)c1ncnc2ccc(F)cc12. The maximum absolute atomic E-state index is 13.6. The fraction of sp³-hybridized carbons (Fsp3) is 0.211. The molecule has 3 aromatic rings. The minimum absolute atomic E-state index is 0.259. The van der Waals surface area contributed by atoms with Gasteiger partial charge in [0.05, 0.1) is 23.3 Å². The number of benzene rings is 2. The maximum Gasteiger partial charge on any atom is 0.418 e. The van der Waals surface area contributed by atoms with Crippen LogP contribution in [0.1, 0.15) is 12.5 Å². The second kappa shape index (κ2) is 7.79. The van der Waals surface area contributed by atoms with E-state index in [1.54, 1.807) is 6.92 Å². The molecule has 0 saturated carbocycles. The van der Waals surface area contributed by atoms with Gasteiger partial charge in [-0.25, -0.2) is 14.4 Å². The molecule has 146 valence electrons. The van der Waals surface area contributed by atoms with Gasteiger partial charge in [-0.15, -0.1) is 0 Å². The van der Waals surface area contributed by atoms with Crippen molar-refractivity contribution >= 4 is 28.3 Å². The summed E-state index contributed by atoms with van der Waals surface area (Å²) in [5.41, 5.74) is -0.761. The van der Waals surface area contributed by atoms with E-state index in [4.69, 9.17) is 0 Å². The Morgan fingerprint density at radius 1 is 1.14 bits per heavy atom. The van der Waals surface area contributed by atoms with Gasteiger partial charge in [0.2, 0.25) is 5.91 Å². The lowest BCUT2D eigenvalue weighted by Crippen LogP contribution is -2.34. The van der Waals surface area contributed by atoms with Crippen molar-refractivity contribution in [1.82, 2.24) is 9.97 Å². The first kappa shape index (κ1) is 19.5. The largest absolute Gasteiger partial charge is 0.418 e. The van der Waals surface area contributed by atoms with Crippen LogP contribution in [0.15, 0.2) is 48.8 Å². The van der Waals surface area contributed by atoms with E-state index in [9.17, 15) is 22.4 Å². The Morgan fingerprint density at radius 2 is 1.89 bits per heavy atom. The van der Waals surface area contributed by atoms with E-state index in [0.717, 1.165) is 6.07 Å². The molecule has 0 aliphatic rings. The van der Waals surface area contributed by atoms with Gasteiger partial charge in [-0.3, -0.25) is 4.79 Å². The van der Waals surface area contributed by atoms with Crippen LogP contribution in [0.2, 0.25) is 0 Å². The molecule has 1 N–H and O–H groups in total. The van der Waals surface area contributed by atoms with E-state index in [1.165, 1.54) is 47.6 Å². The zero-order valence-corrected chi connectivity index (χ0v) is 14.8. The summed E-state index contributed by atoms with van der Waals surface area (Å²) in [5, 5.41) is 2.70. The number of alkyl halides is 3. The molecule has 0 aliphatic heterocycles. The summed E-state index contributed by atoms with van der Waals surface area (Å²) in [6, 6.07) is 8.74. The number of nitrogens with one attached hydrogen (secondary N) is 1. The van der Waals surface area contributed by atoms with Gasteiger partial charge in [0.1, 0.15) is 18.0 Å². The van der Waals surface area contributed by atoms with Crippen molar-refractivity contribution < 1.29 is 22.4 Å². The van der Waals surface area contributed by atoms with Gasteiger partial charge in [0.15, 0.2) is 0 Å². The topological polar surface area (TPSA) is 58.1 Å². The highest BCUT2D eigenvalue weighted by atomic mass is 19.4. The number of nitrogens with zero attached hydrogens (tertiary/aromatic N) is 3. The van der Waals surface area contributed by atoms with E-state index < -0.39 is 23.5 Å². The molecule has 0 fully saturated rings. The normalized spacial score (nSPS) is 11.5. The van der Waals surface area contributed by atoms with Crippen LogP contribution >= 0.6 is 0 Å². The second-order valence-corrected chi connectivity index (χ2v) is 5.96. The van der Waals surface area contributed by atoms with E-state index >= 15 is 0 Å². The highest BCUT2D eigenvalue weighted by molar-refractivity contribution is 5.97. The van der Waals surface area contributed by atoms with Crippen LogP contribution in [0.4, 0.5) is 29.1 Å². The summed E-state index contributed by atoms with van der Waals surface area (Å²) in [7, 11) is 0. The number of hydrogen-bond acceptors (Lipinski definition) is 4. The molecule has 0 aliphatic carbocycles. The van der Waals surface area contributed by atoms with Crippen LogP contribution in [0.3, 0.4) is 0 Å². The Kier molecular flexibility index (Phi) is 5.43. The molecule has 28 heavy (non-hydrogen) atoms. The van der Waals surface area contributed by atoms with Crippen LogP contribution in [0.5, 0.6) is 0 Å². The first-order valence-electron chi connectivity index (χ1n) is 8.41. The minimum Gasteiger partial charge on any atom is -0.347 e. The van der Waals surface area contributed by atoms with Gasteiger partial charge >= 0.3 is 6.18 Å². The van der Waals surface area contributed by atoms with Crippen molar-refractivity contribution in [2.24, 2.45) is 0 Å². The van der Waals surface area contributed by atoms with Gasteiger partial charge in [-0.05, 0) is 37.3 Å². The van der Waals surface area contributed by atoms with Crippen molar-refractivity contribution in [3.05, 3.63) is 60.2 Å². The van der Waals surface area contributed by atoms with Crippen LogP contribution in [-0.2, 0) is 11.0 Å². The monoisotopic (exact) mass is 392 g/mol. The third-order valence-corrected chi connectivity index (χ3v) is 4.10. The van der Waals surface area contributed by atoms with E-state index in [2.05, 4.69) is 15.3 Å². The Labute approximate surface area is 158 Å². The van der Waals surface area contributed by atoms with E-state index in [-0.39, 0.29) is 12.2 Å². The van der Waals surface area contributed by atoms with Gasteiger partial charge < -0.3 is 10.2 Å². The number of likely N-dealkylation sites (N-methyl/N-ethyl adjacent to an activating group) is 1. The molecular formula is C19H16F4N4O. The van der Waals surface area contributed by atoms with E-state index in [0.29, 0.717) is 23.3 Å². The number of hydrogen-bond donors (Lipinski definition) is 1. The number of halogens is 4. The van der Waals surface area contributed by atoms with Crippen LogP contribution < -0.4 is 10.2 Å². The highest BCUT2D eigenvalue weighted by Crippen LogP contribution is 2.34. The number of rotatable bonds is 5. The third kappa shape index (κ3) is 4.19. The zero-order valence-electron chi connectivity index (χ0n) is 14.8. The molecule has 0 bridgehead atoms. The molecular weight excluding hydrogens is 376 g/mol. The fourth-order valence-electron chi connectivity index (χ4n) is 2.81. The summed E-state index contributed by atoms with van der Waals surface area (Å²) in [6.45, 7) is 1.83. The molecule has 3 rings (SSSR count). The molecule has 5 nitrogen and oxygen atoms in total. The van der Waals surface area contributed by atoms with Crippen molar-refractivity contribution in [3.63, 3.8) is 0 Å². The number of para-hydroxylation sites is 1. The van der Waals surface area contributed by atoms with Crippen molar-refractivity contribution in [3.8, 4) is 0 Å². The van der Waals surface area contributed by atoms with Crippen LogP contribution in [0, 0.1) is 5.82 Å². The Morgan fingerprint density at radius 3 is 2.61 bits per heavy atom. The van der Waals surface area contributed by atoms with Crippen molar-refractivity contribution in [2.75, 3.05) is 23.3 Å². The molecule has 0 spiro atoms. The number of carbonyl (C=O) groups excluding carboxylic acids is 1. The quantitative estimate of drug-likeness (QED) is 0.660. The minimum atomic E-state index is -4.59. The highest BCUT2D eigenvalue weighted by Gasteiger charge is 2.33. The predicted octanol–water partition coefficient (Wildman–Crippen LogP) is 4.25. The average molecular weight is 392 g/mol. The lowest BCUT2D eigenvalue weighted by molar-refractivity contribution is -0.137. The summed E-state index contributed by atoms with van der Waals surface area (Å²) in [6.07, 6.45) is -3.30. The Hall–Kier alpha value is -3.23. The van der Waals surface area contributed by atoms with Gasteiger partial charge in [0.25, 0.3) is 0 Å². The smallest absolute Gasteiger partial charge is 0.347 e. The standard InChI is InChI=1S/C19H16F4N4O/c1-2-27(18-13-9-12(20)7-8-15(13)24-11-25-18)10-17(28)26-16-6-4-3-5-14(16)19(21,22)23/h3-9,11H,2,10H2,1H3,(H,26,28). The third-order valence-electron chi connectivity index (χ3n) is 4.10. The van der Waals surface area contributed by atoms with Crippen LogP contribution in [-0.4, -0.2) is 29.0 Å². The number of fused-ring (bicyclic) bond motifs is 1. The molecule has 1 aromatic heterocycles. The molecule has 0 saturated heterocycles. The Bertz CT molecular complexity index is 1010. The fourth-order valence-corrected chi connectivity index (χ4v) is 2.81. The lowest BCUT2D eigenvalue weighted by Gasteiger charge is -2.23. The first-order chi connectivity index (χ1) is 13.3. The second-order valence-electron chi connectivity index (χ2n) is 5.96. The van der Waals surface area contributed by atoms with Gasteiger partial charge in [0, 0.05) is 11.9 Å². The van der Waals surface area contributed by atoms with Gasteiger partial charge in [-0.1, -0.05) is 12.1 Å². The molecule has 1 heterocycles. The van der Waals surface area contributed by atoms with Crippen LogP contribution in [0.25, 0.3) is 10.9 Å². The summed E-state index contributed by atoms with van der Waals surface area (Å²) in [5.74, 6) is -0.809. The summed E-state index contributed by atoms with van der Waals surface area (Å²) < 4.78 is 52.9. The number of carbonyl (C=O) groups is 1. The molecule has 2 aromatic carbocycles. The average Bonchev–Trinajstić information content (AvgIpc) is 2.65. The number of aromatic nitrogens is 2. The molecule has 0 radical (unpaired) electrons. The molecule has 0 unspecified atom stereocenters. The van der Waals surface area contributed by atoms with Crippen molar-refractivity contribution in [1.29, 1.82) is 0 Å². The molecule has 9 heteroatoms. The zero-order chi connectivity index (χ0) is 20.3. The van der Waals surface area contributed by atoms with Gasteiger partial charge in [-0.2, -0.15) is 13.2 Å². The number of amides is 1. The predicted molar refractivity (Wildman–Crippen MR) is 97.5 cm³/mol. The number of anilines is 2. The maximum atomic E-state index is 13.6. The Balaban J connectivity index is 1.85. The molecule has 1 amide bonds. The summed E-state index contributed by atoms with van der Waals surface area (Å²) in [4.78, 5) is 22.1. The molecule has 0 atom stereocenters. The lowest BCUT2D eigenvalue weighted by atomic mass is 10.1.